The number of carboxylic acids is 2. The molecule has 0 aliphatic carbocycles. The van der Waals surface area contributed by atoms with Crippen LogP contribution in [0.3, 0.4) is 0 Å². The van der Waals surface area contributed by atoms with Crippen molar-refractivity contribution in [2.45, 2.75) is 24.5 Å². The summed E-state index contributed by atoms with van der Waals surface area (Å²) in [6.45, 7) is -0.509. The summed E-state index contributed by atoms with van der Waals surface area (Å²) in [5, 5.41) is 47.3. The highest BCUT2D eigenvalue weighted by atomic mass is 16.6. The Bertz CT molecular complexity index is 816. The second-order valence-electron chi connectivity index (χ2n) is 5.38. The highest BCUT2D eigenvalue weighted by Gasteiger charge is 2.43. The molecule has 1 aliphatic heterocycles. The number of hydrogen-bond donors (Lipinski definition) is 5. The first-order chi connectivity index (χ1) is 11.3. The largest absolute Gasteiger partial charge is 0.478 e. The van der Waals surface area contributed by atoms with E-state index in [0.29, 0.717) is 0 Å². The van der Waals surface area contributed by atoms with E-state index in [1.165, 1.54) is 10.9 Å². The first-order valence-corrected chi connectivity index (χ1v) is 6.94. The van der Waals surface area contributed by atoms with Crippen molar-refractivity contribution >= 4 is 23.0 Å². The van der Waals surface area contributed by atoms with E-state index < -0.39 is 54.2 Å². The van der Waals surface area contributed by atoms with Crippen molar-refractivity contribution in [1.82, 2.24) is 9.55 Å². The van der Waals surface area contributed by atoms with E-state index in [1.807, 2.05) is 0 Å². The molecule has 0 bridgehead atoms. The maximum Gasteiger partial charge on any atom is 0.336 e. The minimum Gasteiger partial charge on any atom is -0.478 e. The van der Waals surface area contributed by atoms with Crippen LogP contribution in [0, 0.1) is 0 Å². The zero-order valence-corrected chi connectivity index (χ0v) is 12.1. The van der Waals surface area contributed by atoms with Crippen molar-refractivity contribution < 1.29 is 39.9 Å². The third-order valence-electron chi connectivity index (χ3n) is 3.97. The molecule has 0 amide bonds. The molecular formula is C14H14N2O8. The average Bonchev–Trinajstić information content (AvgIpc) is 3.07. The van der Waals surface area contributed by atoms with E-state index in [9.17, 15) is 24.9 Å². The van der Waals surface area contributed by atoms with Crippen LogP contribution in [0.2, 0.25) is 0 Å². The van der Waals surface area contributed by atoms with Crippen molar-refractivity contribution in [2.75, 3.05) is 6.61 Å². The molecule has 0 saturated carbocycles. The van der Waals surface area contributed by atoms with E-state index >= 15 is 0 Å². The molecular weight excluding hydrogens is 324 g/mol. The number of fused-ring (bicyclic) bond motifs is 1. The molecule has 2 heterocycles. The average molecular weight is 338 g/mol. The van der Waals surface area contributed by atoms with E-state index in [2.05, 4.69) is 4.98 Å². The highest BCUT2D eigenvalue weighted by Crippen LogP contribution is 2.32. The van der Waals surface area contributed by atoms with Crippen molar-refractivity contribution in [3.8, 4) is 0 Å². The van der Waals surface area contributed by atoms with Crippen LogP contribution in [0.1, 0.15) is 26.9 Å². The predicted octanol–water partition coefficient (Wildman–Crippen LogP) is -0.956. The normalized spacial score (nSPS) is 26.8. The molecule has 1 aliphatic rings. The first-order valence-electron chi connectivity index (χ1n) is 6.94. The van der Waals surface area contributed by atoms with Gasteiger partial charge in [0.05, 0.1) is 35.1 Å². The van der Waals surface area contributed by atoms with Gasteiger partial charge in [0.1, 0.15) is 18.3 Å². The molecule has 1 aromatic carbocycles. The smallest absolute Gasteiger partial charge is 0.336 e. The lowest BCUT2D eigenvalue weighted by molar-refractivity contribution is -0.0508. The number of nitrogens with zero attached hydrogens (tertiary/aromatic N) is 2. The summed E-state index contributed by atoms with van der Waals surface area (Å²) in [6.07, 6.45) is -3.55. The summed E-state index contributed by atoms with van der Waals surface area (Å²) in [4.78, 5) is 26.5. The fourth-order valence-electron chi connectivity index (χ4n) is 2.74. The minimum absolute atomic E-state index is 0.190. The van der Waals surface area contributed by atoms with Crippen molar-refractivity contribution in [2.24, 2.45) is 0 Å². The highest BCUT2D eigenvalue weighted by molar-refractivity contribution is 6.05. The van der Waals surface area contributed by atoms with E-state index in [1.54, 1.807) is 0 Å². The van der Waals surface area contributed by atoms with Crippen molar-refractivity contribution in [1.29, 1.82) is 0 Å². The molecule has 0 unspecified atom stereocenters. The fraction of sp³-hybridized carbons (Fsp3) is 0.357. The maximum atomic E-state index is 11.3. The Morgan fingerprint density at radius 3 is 2.29 bits per heavy atom. The predicted molar refractivity (Wildman–Crippen MR) is 76.7 cm³/mol. The molecule has 4 atom stereocenters. The Labute approximate surface area is 134 Å². The monoisotopic (exact) mass is 338 g/mol. The van der Waals surface area contributed by atoms with Crippen LogP contribution in [0.25, 0.3) is 11.0 Å². The number of aromatic nitrogens is 2. The third-order valence-corrected chi connectivity index (χ3v) is 3.97. The Balaban J connectivity index is 2.12. The van der Waals surface area contributed by atoms with Gasteiger partial charge >= 0.3 is 11.9 Å². The van der Waals surface area contributed by atoms with Gasteiger partial charge in [0.25, 0.3) is 0 Å². The molecule has 0 radical (unpaired) electrons. The minimum atomic E-state index is -1.43. The Morgan fingerprint density at radius 1 is 1.12 bits per heavy atom. The van der Waals surface area contributed by atoms with Crippen LogP contribution in [0.5, 0.6) is 0 Å². The van der Waals surface area contributed by atoms with Gasteiger partial charge in [-0.2, -0.15) is 0 Å². The maximum absolute atomic E-state index is 11.3. The number of carboxylic acid groups (broad SMARTS) is 2. The number of aromatic carboxylic acids is 2. The molecule has 1 saturated heterocycles. The SMILES string of the molecule is O=C(O)c1cc2ncn([C@@H]3O[C@H](CO)[C@@H](O)[C@H]3O)c2cc1C(=O)O. The lowest BCUT2D eigenvalue weighted by atomic mass is 10.1. The second kappa shape index (κ2) is 5.83. The number of rotatable bonds is 4. The second-order valence-corrected chi connectivity index (χ2v) is 5.38. The van der Waals surface area contributed by atoms with Crippen LogP contribution in [-0.4, -0.2) is 71.9 Å². The summed E-state index contributed by atoms with van der Waals surface area (Å²) in [6, 6.07) is 2.22. The van der Waals surface area contributed by atoms with Gasteiger partial charge in [0.2, 0.25) is 0 Å². The molecule has 128 valence electrons. The van der Waals surface area contributed by atoms with Gasteiger partial charge in [0, 0.05) is 0 Å². The quantitative estimate of drug-likeness (QED) is 0.472. The van der Waals surface area contributed by atoms with Crippen molar-refractivity contribution in [3.05, 3.63) is 29.6 Å². The number of benzene rings is 1. The van der Waals surface area contributed by atoms with Gasteiger partial charge in [-0.3, -0.25) is 0 Å². The van der Waals surface area contributed by atoms with Crippen LogP contribution in [-0.2, 0) is 4.74 Å². The van der Waals surface area contributed by atoms with Gasteiger partial charge in [-0.1, -0.05) is 0 Å². The van der Waals surface area contributed by atoms with Crippen molar-refractivity contribution in [3.63, 3.8) is 0 Å². The molecule has 10 heteroatoms. The molecule has 24 heavy (non-hydrogen) atoms. The van der Waals surface area contributed by atoms with Gasteiger partial charge in [-0.15, -0.1) is 0 Å². The number of hydrogen-bond acceptors (Lipinski definition) is 7. The summed E-state index contributed by atoms with van der Waals surface area (Å²) in [7, 11) is 0. The van der Waals surface area contributed by atoms with Gasteiger partial charge in [-0.05, 0) is 12.1 Å². The zero-order chi connectivity index (χ0) is 17.6. The number of aliphatic hydroxyl groups excluding tert-OH is 3. The van der Waals surface area contributed by atoms with Crippen LogP contribution in [0.15, 0.2) is 18.5 Å². The van der Waals surface area contributed by atoms with Crippen LogP contribution < -0.4 is 0 Å². The summed E-state index contributed by atoms with van der Waals surface area (Å²) in [5.74, 6) is -2.83. The van der Waals surface area contributed by atoms with E-state index in [-0.39, 0.29) is 11.0 Å². The zero-order valence-electron chi connectivity index (χ0n) is 12.1. The molecule has 2 aromatic rings. The number of ether oxygens (including phenoxy) is 1. The van der Waals surface area contributed by atoms with Crippen LogP contribution >= 0.6 is 0 Å². The molecule has 1 aromatic heterocycles. The van der Waals surface area contributed by atoms with Gasteiger partial charge in [-0.25, -0.2) is 14.6 Å². The molecule has 0 spiro atoms. The molecule has 5 N–H and O–H groups in total. The number of imidazole rings is 1. The van der Waals surface area contributed by atoms with E-state index in [0.717, 1.165) is 12.1 Å². The fourth-order valence-corrected chi connectivity index (χ4v) is 2.74. The third kappa shape index (κ3) is 2.41. The standard InChI is InChI=1S/C14H14N2O8/c17-3-9-10(18)11(19)12(24-9)16-4-15-7-1-5(13(20)21)6(14(22)23)2-8(7)16/h1-2,4,9-12,17-19H,3H2,(H,20,21)(H,22,23)/t9-,10-,11-,12-/m1/s1. The Morgan fingerprint density at radius 2 is 1.75 bits per heavy atom. The van der Waals surface area contributed by atoms with Crippen LogP contribution in [0.4, 0.5) is 0 Å². The van der Waals surface area contributed by atoms with Gasteiger partial charge < -0.3 is 34.8 Å². The summed E-state index contributed by atoms with van der Waals surface area (Å²) in [5.41, 5.74) is -0.452. The lowest BCUT2D eigenvalue weighted by Gasteiger charge is -2.17. The number of aliphatic hydroxyl groups is 3. The first kappa shape index (κ1) is 16.3. The van der Waals surface area contributed by atoms with E-state index in [4.69, 9.17) is 14.9 Å². The lowest BCUT2D eigenvalue weighted by Crippen LogP contribution is -2.33. The number of carbonyl (C=O) groups is 2. The van der Waals surface area contributed by atoms with Gasteiger partial charge in [0.15, 0.2) is 6.23 Å². The Kier molecular flexibility index (Phi) is 3.97. The Hall–Kier alpha value is -2.53. The molecule has 10 nitrogen and oxygen atoms in total. The summed E-state index contributed by atoms with van der Waals surface area (Å²) >= 11 is 0. The molecule has 1 fully saturated rings. The topological polar surface area (TPSA) is 162 Å². The molecule has 3 rings (SSSR count). The summed E-state index contributed by atoms with van der Waals surface area (Å²) < 4.78 is 6.66.